The Morgan fingerprint density at radius 2 is 1.72 bits per heavy atom. The Labute approximate surface area is 140 Å². The summed E-state index contributed by atoms with van der Waals surface area (Å²) in [4.78, 5) is 26.3. The normalized spacial score (nSPS) is 33.2. The third-order valence-electron chi connectivity index (χ3n) is 5.09. The Morgan fingerprint density at radius 1 is 1.20 bits per heavy atom. The summed E-state index contributed by atoms with van der Waals surface area (Å²) in [5.41, 5.74) is -6.97. The van der Waals surface area contributed by atoms with Gasteiger partial charge in [0.15, 0.2) is 6.04 Å². The van der Waals surface area contributed by atoms with Gasteiger partial charge in [0.1, 0.15) is 0 Å². The van der Waals surface area contributed by atoms with Crippen LogP contribution in [0.1, 0.15) is 40.0 Å². The van der Waals surface area contributed by atoms with Crippen LogP contribution in [0.15, 0.2) is 4.99 Å². The van der Waals surface area contributed by atoms with Crippen molar-refractivity contribution < 1.29 is 41.8 Å². The first-order valence-electron chi connectivity index (χ1n) is 7.67. The Kier molecular flexibility index (Phi) is 5.86. The summed E-state index contributed by atoms with van der Waals surface area (Å²) in [6.45, 7) is 3.32. The zero-order valence-corrected chi connectivity index (χ0v) is 13.8. The van der Waals surface area contributed by atoms with Crippen LogP contribution < -0.4 is 10.2 Å². The molecule has 0 saturated carbocycles. The lowest BCUT2D eigenvalue weighted by Crippen LogP contribution is -2.69. The summed E-state index contributed by atoms with van der Waals surface area (Å²) in [6, 6.07) is -3.03. The van der Waals surface area contributed by atoms with Crippen LogP contribution in [-0.4, -0.2) is 36.3 Å². The predicted molar refractivity (Wildman–Crippen MR) is 72.5 cm³/mol. The average Bonchev–Trinajstić information content (AvgIpc) is 2.46. The maximum atomic E-state index is 13.5. The van der Waals surface area contributed by atoms with Crippen molar-refractivity contribution in [2.45, 2.75) is 58.7 Å². The van der Waals surface area contributed by atoms with E-state index in [1.807, 2.05) is 0 Å². The SMILES string of the molecule is CCCC1C(C)(C(=O)[O-])C(C(F)F)=NC(C(F)(F)F)C1(CC)C(=O)[O-]. The van der Waals surface area contributed by atoms with Crippen molar-refractivity contribution >= 4 is 17.7 Å². The Balaban J connectivity index is 3.95. The van der Waals surface area contributed by atoms with Crippen LogP contribution in [0, 0.1) is 16.7 Å². The summed E-state index contributed by atoms with van der Waals surface area (Å²) < 4.78 is 67.2. The van der Waals surface area contributed by atoms with Gasteiger partial charge in [-0.3, -0.25) is 4.99 Å². The minimum atomic E-state index is -5.27. The molecule has 0 N–H and O–H groups in total. The minimum absolute atomic E-state index is 0.0731. The highest BCUT2D eigenvalue weighted by Gasteiger charge is 2.65. The van der Waals surface area contributed by atoms with E-state index in [0.717, 1.165) is 13.8 Å². The second-order valence-electron chi connectivity index (χ2n) is 6.27. The number of aliphatic imine (C=N–C) groups is 1. The van der Waals surface area contributed by atoms with Crippen molar-refractivity contribution in [1.82, 2.24) is 0 Å². The quantitative estimate of drug-likeness (QED) is 0.650. The number of carbonyl (C=O) groups excluding carboxylic acids is 2. The van der Waals surface area contributed by atoms with Gasteiger partial charge in [0, 0.05) is 5.41 Å². The van der Waals surface area contributed by atoms with E-state index in [1.54, 1.807) is 0 Å². The number of halogens is 5. The number of carboxylic acid groups (broad SMARTS) is 2. The highest BCUT2D eigenvalue weighted by Crippen LogP contribution is 2.56. The number of nitrogens with zero attached hydrogens (tertiary/aromatic N) is 1. The Hall–Kier alpha value is -1.74. The molecule has 4 unspecified atom stereocenters. The fourth-order valence-electron chi connectivity index (χ4n) is 3.84. The lowest BCUT2D eigenvalue weighted by Gasteiger charge is -2.56. The molecule has 144 valence electrons. The van der Waals surface area contributed by atoms with Crippen LogP contribution in [0.4, 0.5) is 22.0 Å². The van der Waals surface area contributed by atoms with E-state index in [4.69, 9.17) is 0 Å². The molecule has 10 heteroatoms. The molecule has 0 aliphatic carbocycles. The van der Waals surface area contributed by atoms with Crippen LogP contribution in [0.25, 0.3) is 0 Å². The molecule has 1 heterocycles. The fraction of sp³-hybridized carbons (Fsp3) is 0.800. The maximum Gasteiger partial charge on any atom is 0.411 e. The van der Waals surface area contributed by atoms with Crippen molar-refractivity contribution in [3.05, 3.63) is 0 Å². The van der Waals surface area contributed by atoms with Crippen molar-refractivity contribution in [2.75, 3.05) is 0 Å². The molecule has 0 fully saturated rings. The first-order chi connectivity index (χ1) is 11.3. The van der Waals surface area contributed by atoms with Gasteiger partial charge in [-0.2, -0.15) is 13.2 Å². The lowest BCUT2D eigenvalue weighted by atomic mass is 9.53. The number of hydrogen-bond acceptors (Lipinski definition) is 5. The molecular formula is C15H18F5NO4-2. The van der Waals surface area contributed by atoms with Crippen molar-refractivity contribution in [3.8, 4) is 0 Å². The largest absolute Gasteiger partial charge is 0.549 e. The number of aliphatic carboxylic acids is 2. The van der Waals surface area contributed by atoms with E-state index < -0.39 is 59.5 Å². The number of alkyl halides is 5. The van der Waals surface area contributed by atoms with Crippen LogP contribution in [0.5, 0.6) is 0 Å². The molecular weight excluding hydrogens is 353 g/mol. The lowest BCUT2D eigenvalue weighted by molar-refractivity contribution is -0.339. The van der Waals surface area contributed by atoms with Gasteiger partial charge in [0.2, 0.25) is 0 Å². The Morgan fingerprint density at radius 3 is 2.00 bits per heavy atom. The van der Waals surface area contributed by atoms with Gasteiger partial charge in [-0.25, -0.2) is 8.78 Å². The number of carbonyl (C=O) groups is 2. The van der Waals surface area contributed by atoms with Crippen molar-refractivity contribution in [2.24, 2.45) is 21.7 Å². The molecule has 1 aliphatic heterocycles. The molecule has 0 bridgehead atoms. The molecule has 5 nitrogen and oxygen atoms in total. The van der Waals surface area contributed by atoms with E-state index in [0.29, 0.717) is 0 Å². The smallest absolute Gasteiger partial charge is 0.411 e. The van der Waals surface area contributed by atoms with E-state index in [-0.39, 0.29) is 12.8 Å². The fourth-order valence-corrected chi connectivity index (χ4v) is 3.84. The third kappa shape index (κ3) is 3.10. The van der Waals surface area contributed by atoms with Crippen molar-refractivity contribution in [3.63, 3.8) is 0 Å². The molecule has 0 aromatic carbocycles. The summed E-state index contributed by atoms with van der Waals surface area (Å²) >= 11 is 0. The van der Waals surface area contributed by atoms with Crippen LogP contribution >= 0.6 is 0 Å². The number of hydrogen-bond donors (Lipinski definition) is 0. The molecule has 0 radical (unpaired) electrons. The maximum absolute atomic E-state index is 13.5. The molecule has 1 aliphatic rings. The number of carboxylic acids is 2. The zero-order chi connectivity index (χ0) is 19.8. The standard InChI is InChI=1S/C15H20F5NO4/c1-4-6-7-13(3,11(22)23)8(9(16)17)21-10(15(18,19)20)14(7,5-2)12(24)25/h7,9-10H,4-6H2,1-3H3,(H,22,23)(H,24,25)/p-2. The van der Waals surface area contributed by atoms with E-state index in [1.165, 1.54) is 6.92 Å². The molecule has 1 rings (SSSR count). The molecule has 0 aromatic rings. The van der Waals surface area contributed by atoms with E-state index in [9.17, 15) is 41.8 Å². The first kappa shape index (κ1) is 21.3. The summed E-state index contributed by atoms with van der Waals surface area (Å²) in [5, 5.41) is 23.4. The monoisotopic (exact) mass is 371 g/mol. The average molecular weight is 371 g/mol. The summed E-state index contributed by atoms with van der Waals surface area (Å²) in [5.74, 6) is -6.08. The van der Waals surface area contributed by atoms with Gasteiger partial charge in [-0.1, -0.05) is 20.3 Å². The zero-order valence-electron chi connectivity index (χ0n) is 13.8. The van der Waals surface area contributed by atoms with Crippen LogP contribution in [0.3, 0.4) is 0 Å². The summed E-state index contributed by atoms with van der Waals surface area (Å²) in [6.07, 6.45) is -9.85. The van der Waals surface area contributed by atoms with Crippen molar-refractivity contribution in [1.29, 1.82) is 0 Å². The molecule has 25 heavy (non-hydrogen) atoms. The molecule has 0 aromatic heterocycles. The van der Waals surface area contributed by atoms with Gasteiger partial charge in [-0.15, -0.1) is 0 Å². The van der Waals surface area contributed by atoms with Gasteiger partial charge >= 0.3 is 6.18 Å². The molecule has 0 spiro atoms. The predicted octanol–water partition coefficient (Wildman–Crippen LogP) is 0.956. The third-order valence-corrected chi connectivity index (χ3v) is 5.09. The molecule has 4 atom stereocenters. The molecule has 0 saturated heterocycles. The second kappa shape index (κ2) is 6.87. The van der Waals surface area contributed by atoms with Crippen LogP contribution in [0.2, 0.25) is 0 Å². The van der Waals surface area contributed by atoms with E-state index in [2.05, 4.69) is 4.99 Å². The number of rotatable bonds is 6. The highest BCUT2D eigenvalue weighted by atomic mass is 19.4. The van der Waals surface area contributed by atoms with Gasteiger partial charge in [0.05, 0.1) is 23.1 Å². The first-order valence-corrected chi connectivity index (χ1v) is 7.67. The Bertz CT molecular complexity index is 577. The van der Waals surface area contributed by atoms with Gasteiger partial charge in [0.25, 0.3) is 6.43 Å². The van der Waals surface area contributed by atoms with Crippen LogP contribution in [-0.2, 0) is 9.59 Å². The minimum Gasteiger partial charge on any atom is -0.549 e. The molecule has 0 amide bonds. The van der Waals surface area contributed by atoms with Gasteiger partial charge in [-0.05, 0) is 25.7 Å². The highest BCUT2D eigenvalue weighted by molar-refractivity contribution is 6.08. The van der Waals surface area contributed by atoms with E-state index >= 15 is 0 Å². The topological polar surface area (TPSA) is 92.6 Å². The summed E-state index contributed by atoms with van der Waals surface area (Å²) in [7, 11) is 0. The second-order valence-corrected chi connectivity index (χ2v) is 6.27. The van der Waals surface area contributed by atoms with Gasteiger partial charge < -0.3 is 19.8 Å².